The third-order valence-corrected chi connectivity index (χ3v) is 3.92. The molecule has 20 heavy (non-hydrogen) atoms. The largest absolute Gasteiger partial charge is 0.375 e. The molecule has 104 valence electrons. The number of benzene rings is 1. The molecule has 1 aliphatic rings. The summed E-state index contributed by atoms with van der Waals surface area (Å²) in [7, 11) is 0. The topological polar surface area (TPSA) is 65.2 Å². The zero-order chi connectivity index (χ0) is 14.3. The van der Waals surface area contributed by atoms with Gasteiger partial charge in [-0.2, -0.15) is 0 Å². The van der Waals surface area contributed by atoms with Crippen molar-refractivity contribution in [2.75, 3.05) is 6.61 Å². The van der Waals surface area contributed by atoms with Gasteiger partial charge in [0.05, 0.1) is 23.3 Å². The van der Waals surface area contributed by atoms with E-state index < -0.39 is 5.91 Å². The molecule has 2 N–H and O–H groups in total. The summed E-state index contributed by atoms with van der Waals surface area (Å²) < 4.78 is 5.79. The molecule has 1 aromatic heterocycles. The fourth-order valence-corrected chi connectivity index (χ4v) is 2.88. The monoisotopic (exact) mass is 270 g/mol. The minimum atomic E-state index is -0.419. The molecule has 2 heterocycles. The van der Waals surface area contributed by atoms with Crippen LogP contribution in [-0.4, -0.2) is 23.1 Å². The Morgan fingerprint density at radius 2 is 2.20 bits per heavy atom. The molecule has 0 bridgehead atoms. The van der Waals surface area contributed by atoms with Crippen LogP contribution >= 0.6 is 0 Å². The van der Waals surface area contributed by atoms with Gasteiger partial charge in [0.2, 0.25) is 5.91 Å². The van der Waals surface area contributed by atoms with Crippen LogP contribution in [0.5, 0.6) is 0 Å². The lowest BCUT2D eigenvalue weighted by molar-refractivity contribution is 0.0361. The highest BCUT2D eigenvalue weighted by Gasteiger charge is 2.32. The Hall–Kier alpha value is -1.94. The summed E-state index contributed by atoms with van der Waals surface area (Å²) in [6.45, 7) is 4.92. The lowest BCUT2D eigenvalue weighted by Crippen LogP contribution is -2.16. The lowest BCUT2D eigenvalue weighted by atomic mass is 9.90. The van der Waals surface area contributed by atoms with Crippen molar-refractivity contribution in [3.63, 3.8) is 0 Å². The molecule has 1 amide bonds. The smallest absolute Gasteiger partial charge is 0.249 e. The number of nitrogens with two attached hydrogens (primary N) is 1. The van der Waals surface area contributed by atoms with Crippen LogP contribution in [0, 0.1) is 0 Å². The van der Waals surface area contributed by atoms with Crippen LogP contribution in [0.3, 0.4) is 0 Å². The van der Waals surface area contributed by atoms with Crippen molar-refractivity contribution >= 4 is 16.8 Å². The van der Waals surface area contributed by atoms with Gasteiger partial charge < -0.3 is 10.5 Å². The number of fused-ring (bicyclic) bond motifs is 1. The van der Waals surface area contributed by atoms with Crippen molar-refractivity contribution in [1.82, 2.24) is 4.98 Å². The third kappa shape index (κ3) is 2.27. The molecule has 2 aromatic rings. The van der Waals surface area contributed by atoms with Crippen LogP contribution in [0.2, 0.25) is 0 Å². The van der Waals surface area contributed by atoms with Crippen LogP contribution in [0.15, 0.2) is 30.5 Å². The molecule has 3 rings (SSSR count). The van der Waals surface area contributed by atoms with Gasteiger partial charge in [0.25, 0.3) is 0 Å². The maximum absolute atomic E-state index is 11.5. The summed E-state index contributed by atoms with van der Waals surface area (Å²) >= 11 is 0. The molecule has 1 saturated heterocycles. The number of carbonyl (C=O) groups is 1. The van der Waals surface area contributed by atoms with E-state index in [2.05, 4.69) is 24.9 Å². The van der Waals surface area contributed by atoms with Gasteiger partial charge in [-0.25, -0.2) is 0 Å². The van der Waals surface area contributed by atoms with Crippen molar-refractivity contribution in [2.24, 2.45) is 5.73 Å². The first-order chi connectivity index (χ1) is 9.46. The van der Waals surface area contributed by atoms with E-state index in [4.69, 9.17) is 10.5 Å². The fourth-order valence-electron chi connectivity index (χ4n) is 2.88. The SMILES string of the molecule is CC1(C)CC(c2ccc3nccc(C(N)=O)c3c2)CO1. The molecule has 0 saturated carbocycles. The molecular formula is C16H18N2O2. The van der Waals surface area contributed by atoms with E-state index in [0.29, 0.717) is 18.1 Å². The number of rotatable bonds is 2. The van der Waals surface area contributed by atoms with E-state index in [0.717, 1.165) is 17.3 Å². The molecular weight excluding hydrogens is 252 g/mol. The lowest BCUT2D eigenvalue weighted by Gasteiger charge is -2.16. The zero-order valence-electron chi connectivity index (χ0n) is 11.7. The average molecular weight is 270 g/mol. The summed E-state index contributed by atoms with van der Waals surface area (Å²) in [6, 6.07) is 7.71. The van der Waals surface area contributed by atoms with Gasteiger partial charge in [0.1, 0.15) is 0 Å². The highest BCUT2D eigenvalue weighted by molar-refractivity contribution is 6.05. The van der Waals surface area contributed by atoms with E-state index in [9.17, 15) is 4.79 Å². The summed E-state index contributed by atoms with van der Waals surface area (Å²) in [5.74, 6) is -0.0621. The van der Waals surface area contributed by atoms with E-state index in [1.54, 1.807) is 12.3 Å². The quantitative estimate of drug-likeness (QED) is 0.912. The highest BCUT2D eigenvalue weighted by Crippen LogP contribution is 2.36. The normalized spacial score (nSPS) is 21.2. The minimum Gasteiger partial charge on any atom is -0.375 e. The van der Waals surface area contributed by atoms with Gasteiger partial charge in [-0.15, -0.1) is 0 Å². The predicted molar refractivity (Wildman–Crippen MR) is 77.6 cm³/mol. The van der Waals surface area contributed by atoms with Crippen LogP contribution in [-0.2, 0) is 4.74 Å². The van der Waals surface area contributed by atoms with Gasteiger partial charge in [-0.3, -0.25) is 9.78 Å². The number of aromatic nitrogens is 1. The maximum atomic E-state index is 11.5. The first kappa shape index (κ1) is 13.1. The van der Waals surface area contributed by atoms with E-state index in [1.807, 2.05) is 12.1 Å². The van der Waals surface area contributed by atoms with Crippen LogP contribution in [0.4, 0.5) is 0 Å². The summed E-state index contributed by atoms with van der Waals surface area (Å²) in [6.07, 6.45) is 2.59. The van der Waals surface area contributed by atoms with E-state index in [1.165, 1.54) is 5.56 Å². The number of pyridine rings is 1. The van der Waals surface area contributed by atoms with E-state index >= 15 is 0 Å². The van der Waals surface area contributed by atoms with Crippen molar-refractivity contribution in [2.45, 2.75) is 31.8 Å². The molecule has 1 fully saturated rings. The molecule has 4 nitrogen and oxygen atoms in total. The third-order valence-electron chi connectivity index (χ3n) is 3.92. The van der Waals surface area contributed by atoms with Crippen LogP contribution in [0.25, 0.3) is 10.9 Å². The molecule has 0 radical (unpaired) electrons. The van der Waals surface area contributed by atoms with Crippen molar-refractivity contribution in [3.8, 4) is 0 Å². The number of primary amides is 1. The molecule has 0 aliphatic carbocycles. The summed E-state index contributed by atoms with van der Waals surface area (Å²) in [5, 5.41) is 0.821. The van der Waals surface area contributed by atoms with Gasteiger partial charge >= 0.3 is 0 Å². The number of carbonyl (C=O) groups excluding carboxylic acids is 1. The number of nitrogens with zero attached hydrogens (tertiary/aromatic N) is 1. The zero-order valence-corrected chi connectivity index (χ0v) is 11.7. The number of hydrogen-bond acceptors (Lipinski definition) is 3. The second-order valence-corrected chi connectivity index (χ2v) is 5.97. The molecule has 1 unspecified atom stereocenters. The average Bonchev–Trinajstić information content (AvgIpc) is 2.77. The maximum Gasteiger partial charge on any atom is 0.249 e. The van der Waals surface area contributed by atoms with Crippen molar-refractivity contribution in [1.29, 1.82) is 0 Å². The Morgan fingerprint density at radius 3 is 2.85 bits per heavy atom. The Bertz CT molecular complexity index is 679. The first-order valence-corrected chi connectivity index (χ1v) is 6.79. The first-order valence-electron chi connectivity index (χ1n) is 6.79. The molecule has 1 atom stereocenters. The molecule has 4 heteroatoms. The highest BCUT2D eigenvalue weighted by atomic mass is 16.5. The second kappa shape index (κ2) is 4.56. The van der Waals surface area contributed by atoms with Crippen LogP contribution in [0.1, 0.15) is 42.1 Å². The minimum absolute atomic E-state index is 0.0823. The Labute approximate surface area is 117 Å². The second-order valence-electron chi connectivity index (χ2n) is 5.97. The Kier molecular flexibility index (Phi) is 2.98. The molecule has 1 aliphatic heterocycles. The number of hydrogen-bond donors (Lipinski definition) is 1. The van der Waals surface area contributed by atoms with Gasteiger partial charge in [0.15, 0.2) is 0 Å². The standard InChI is InChI=1S/C16H18N2O2/c1-16(2)8-11(9-20-16)10-3-4-14-13(7-10)12(15(17)19)5-6-18-14/h3-7,11H,8-9H2,1-2H3,(H2,17,19). The van der Waals surface area contributed by atoms with Gasteiger partial charge in [-0.05, 0) is 44.0 Å². The Morgan fingerprint density at radius 1 is 1.40 bits per heavy atom. The van der Waals surface area contributed by atoms with Crippen molar-refractivity contribution < 1.29 is 9.53 Å². The molecule has 0 spiro atoms. The van der Waals surface area contributed by atoms with Gasteiger partial charge in [-0.1, -0.05) is 6.07 Å². The summed E-state index contributed by atoms with van der Waals surface area (Å²) in [5.41, 5.74) is 7.85. The molecule has 1 aromatic carbocycles. The predicted octanol–water partition coefficient (Wildman–Crippen LogP) is 2.62. The summed E-state index contributed by atoms with van der Waals surface area (Å²) in [4.78, 5) is 15.8. The Balaban J connectivity index is 2.06. The number of amides is 1. The number of ether oxygens (including phenoxy) is 1. The van der Waals surface area contributed by atoms with E-state index in [-0.39, 0.29) is 5.60 Å². The fraction of sp³-hybridized carbons (Fsp3) is 0.375. The van der Waals surface area contributed by atoms with Crippen molar-refractivity contribution in [3.05, 3.63) is 41.6 Å². The van der Waals surface area contributed by atoms with Crippen LogP contribution < -0.4 is 5.73 Å². The van der Waals surface area contributed by atoms with Gasteiger partial charge in [0, 0.05) is 17.5 Å².